The lowest BCUT2D eigenvalue weighted by Gasteiger charge is -2.34. The van der Waals surface area contributed by atoms with Crippen molar-refractivity contribution in [1.29, 1.82) is 0 Å². The predicted octanol–water partition coefficient (Wildman–Crippen LogP) is 3.74. The van der Waals surface area contributed by atoms with Crippen LogP contribution in [0.5, 0.6) is 0 Å². The summed E-state index contributed by atoms with van der Waals surface area (Å²) in [6, 6.07) is 0.341. The van der Waals surface area contributed by atoms with Crippen LogP contribution in [-0.4, -0.2) is 18.8 Å². The van der Waals surface area contributed by atoms with Gasteiger partial charge in [-0.15, -0.1) is 0 Å². The van der Waals surface area contributed by atoms with E-state index < -0.39 is 12.1 Å². The van der Waals surface area contributed by atoms with Crippen LogP contribution in [0.2, 0.25) is 0 Å². The highest BCUT2D eigenvalue weighted by Crippen LogP contribution is 2.50. The highest BCUT2D eigenvalue weighted by atomic mass is 19.4. The van der Waals surface area contributed by atoms with Gasteiger partial charge in [0.15, 0.2) is 0 Å². The van der Waals surface area contributed by atoms with Crippen LogP contribution in [0.3, 0.4) is 0 Å². The molecule has 0 aromatic heterocycles. The van der Waals surface area contributed by atoms with E-state index in [0.717, 1.165) is 24.2 Å². The molecule has 5 unspecified atom stereocenters. The summed E-state index contributed by atoms with van der Waals surface area (Å²) in [5.74, 6) is 1.50. The Bertz CT molecular complexity index is 294. The van der Waals surface area contributed by atoms with Crippen molar-refractivity contribution in [2.24, 2.45) is 23.7 Å². The van der Waals surface area contributed by atoms with Crippen molar-refractivity contribution in [3.05, 3.63) is 0 Å². The zero-order chi connectivity index (χ0) is 12.8. The maximum atomic E-state index is 12.6. The van der Waals surface area contributed by atoms with E-state index in [9.17, 15) is 13.2 Å². The van der Waals surface area contributed by atoms with Crippen LogP contribution in [0.4, 0.5) is 13.2 Å². The molecule has 2 aliphatic carbocycles. The van der Waals surface area contributed by atoms with Crippen LogP contribution in [0.1, 0.15) is 44.9 Å². The first-order chi connectivity index (χ1) is 8.52. The van der Waals surface area contributed by atoms with Gasteiger partial charge in [0.05, 0.1) is 5.92 Å². The van der Waals surface area contributed by atoms with Crippen LogP contribution >= 0.6 is 0 Å². The van der Waals surface area contributed by atoms with Gasteiger partial charge >= 0.3 is 6.18 Å². The molecule has 2 bridgehead atoms. The fourth-order valence-corrected chi connectivity index (χ4v) is 4.43. The van der Waals surface area contributed by atoms with E-state index in [4.69, 9.17) is 0 Å². The van der Waals surface area contributed by atoms with Crippen LogP contribution in [-0.2, 0) is 0 Å². The molecule has 0 aromatic carbocycles. The smallest absolute Gasteiger partial charge is 0.313 e. The largest absolute Gasteiger partial charge is 0.393 e. The number of alkyl halides is 3. The average molecular weight is 261 g/mol. The zero-order valence-corrected chi connectivity index (χ0v) is 10.7. The van der Waals surface area contributed by atoms with Crippen LogP contribution in [0, 0.1) is 23.7 Å². The van der Waals surface area contributed by atoms with Gasteiger partial charge in [0.1, 0.15) is 0 Å². The Balaban J connectivity index is 1.46. The maximum absolute atomic E-state index is 12.6. The molecule has 104 valence electrons. The van der Waals surface area contributed by atoms with Crippen LogP contribution in [0.25, 0.3) is 0 Å². The molecule has 18 heavy (non-hydrogen) atoms. The third-order valence-corrected chi connectivity index (χ3v) is 5.45. The summed E-state index contributed by atoms with van der Waals surface area (Å²) in [7, 11) is 0. The highest BCUT2D eigenvalue weighted by Gasteiger charge is 2.43. The van der Waals surface area contributed by atoms with E-state index in [1.807, 2.05) is 0 Å². The molecule has 0 radical (unpaired) electrons. The van der Waals surface area contributed by atoms with Crippen molar-refractivity contribution < 1.29 is 13.2 Å². The van der Waals surface area contributed by atoms with Crippen molar-refractivity contribution in [3.63, 3.8) is 0 Å². The van der Waals surface area contributed by atoms with Gasteiger partial charge in [0.25, 0.3) is 0 Å². The number of halogens is 3. The molecular formula is C14H22F3N. The summed E-state index contributed by atoms with van der Waals surface area (Å²) >= 11 is 0. The quantitative estimate of drug-likeness (QED) is 0.798. The Hall–Kier alpha value is -0.250. The van der Waals surface area contributed by atoms with E-state index in [-0.39, 0.29) is 6.54 Å². The Labute approximate surface area is 107 Å². The minimum absolute atomic E-state index is 0.134. The van der Waals surface area contributed by atoms with E-state index >= 15 is 0 Å². The minimum Gasteiger partial charge on any atom is -0.313 e. The van der Waals surface area contributed by atoms with Crippen molar-refractivity contribution in [2.45, 2.75) is 57.2 Å². The monoisotopic (exact) mass is 261 g/mol. The molecule has 1 heterocycles. The molecule has 0 amide bonds. The molecule has 1 aliphatic heterocycles. The molecule has 1 nitrogen and oxygen atoms in total. The Morgan fingerprint density at radius 3 is 2.33 bits per heavy atom. The lowest BCUT2D eigenvalue weighted by Crippen LogP contribution is -2.45. The molecule has 2 saturated carbocycles. The van der Waals surface area contributed by atoms with Crippen molar-refractivity contribution in [3.8, 4) is 0 Å². The molecule has 0 aromatic rings. The second kappa shape index (κ2) is 4.69. The zero-order valence-electron chi connectivity index (χ0n) is 10.7. The highest BCUT2D eigenvalue weighted by molar-refractivity contribution is 4.93. The average Bonchev–Trinajstić information content (AvgIpc) is 2.90. The number of hydrogen-bond acceptors (Lipinski definition) is 1. The fourth-order valence-electron chi connectivity index (χ4n) is 4.43. The first kappa shape index (κ1) is 12.8. The summed E-state index contributed by atoms with van der Waals surface area (Å²) < 4.78 is 37.7. The van der Waals surface area contributed by atoms with Crippen molar-refractivity contribution in [2.75, 3.05) is 6.54 Å². The molecule has 1 N–H and O–H groups in total. The van der Waals surface area contributed by atoms with E-state index in [1.54, 1.807) is 0 Å². The molecule has 5 atom stereocenters. The number of piperidine rings is 1. The summed E-state index contributed by atoms with van der Waals surface area (Å²) in [5.41, 5.74) is 0. The Morgan fingerprint density at radius 1 is 1.00 bits per heavy atom. The van der Waals surface area contributed by atoms with Gasteiger partial charge in [-0.2, -0.15) is 13.2 Å². The molecule has 3 aliphatic rings. The second-order valence-electron chi connectivity index (χ2n) is 6.59. The summed E-state index contributed by atoms with van der Waals surface area (Å²) in [4.78, 5) is 0. The molecule has 0 spiro atoms. The third kappa shape index (κ3) is 2.54. The third-order valence-electron chi connectivity index (χ3n) is 5.45. The molecule has 4 heteroatoms. The fraction of sp³-hybridized carbons (Fsp3) is 1.00. The molecule has 3 rings (SSSR count). The van der Waals surface area contributed by atoms with Crippen LogP contribution < -0.4 is 5.32 Å². The number of rotatable bonds is 2. The SMILES string of the molecule is FC(F)(F)C1CCC(CC2CC3CCC2C3)NC1. The van der Waals surface area contributed by atoms with E-state index in [0.29, 0.717) is 18.9 Å². The number of hydrogen-bond donors (Lipinski definition) is 1. The molecular weight excluding hydrogens is 239 g/mol. The van der Waals surface area contributed by atoms with Gasteiger partial charge in [-0.1, -0.05) is 6.42 Å². The van der Waals surface area contributed by atoms with Gasteiger partial charge in [-0.25, -0.2) is 0 Å². The van der Waals surface area contributed by atoms with Gasteiger partial charge in [0.2, 0.25) is 0 Å². The Morgan fingerprint density at radius 2 is 1.83 bits per heavy atom. The standard InChI is InChI=1S/C14H22F3N/c15-14(16,17)12-3-4-13(18-8-12)7-11-6-9-1-2-10(11)5-9/h9-13,18H,1-8H2. The van der Waals surface area contributed by atoms with Crippen molar-refractivity contribution in [1.82, 2.24) is 5.32 Å². The maximum Gasteiger partial charge on any atom is 0.393 e. The minimum atomic E-state index is -4.01. The summed E-state index contributed by atoms with van der Waals surface area (Å²) in [6.45, 7) is 0.134. The number of fused-ring (bicyclic) bond motifs is 2. The first-order valence-corrected chi connectivity index (χ1v) is 7.32. The summed E-state index contributed by atoms with van der Waals surface area (Å²) in [6.07, 6.45) is 3.63. The predicted molar refractivity (Wildman–Crippen MR) is 64.1 cm³/mol. The van der Waals surface area contributed by atoms with E-state index in [1.165, 1.54) is 25.7 Å². The lowest BCUT2D eigenvalue weighted by atomic mass is 9.81. The van der Waals surface area contributed by atoms with Crippen molar-refractivity contribution >= 4 is 0 Å². The van der Waals surface area contributed by atoms with E-state index in [2.05, 4.69) is 5.32 Å². The molecule has 1 saturated heterocycles. The second-order valence-corrected chi connectivity index (χ2v) is 6.59. The van der Waals surface area contributed by atoms with Gasteiger partial charge in [-0.05, 0) is 56.3 Å². The number of nitrogens with one attached hydrogen (secondary N) is 1. The van der Waals surface area contributed by atoms with Crippen LogP contribution in [0.15, 0.2) is 0 Å². The normalized spacial score (nSPS) is 44.5. The van der Waals surface area contributed by atoms with Gasteiger partial charge < -0.3 is 5.32 Å². The molecule has 3 fully saturated rings. The topological polar surface area (TPSA) is 12.0 Å². The van der Waals surface area contributed by atoms with Gasteiger partial charge in [0, 0.05) is 12.6 Å². The summed E-state index contributed by atoms with van der Waals surface area (Å²) in [5, 5.41) is 3.14. The lowest BCUT2D eigenvalue weighted by molar-refractivity contribution is -0.179. The Kier molecular flexibility index (Phi) is 3.33. The van der Waals surface area contributed by atoms with Gasteiger partial charge in [-0.3, -0.25) is 0 Å². The first-order valence-electron chi connectivity index (χ1n) is 7.32.